The van der Waals surface area contributed by atoms with Crippen LogP contribution in [0, 0.1) is 5.92 Å². The molecule has 0 bridgehead atoms. The predicted octanol–water partition coefficient (Wildman–Crippen LogP) is 5.56. The Morgan fingerprint density at radius 2 is 1.50 bits per heavy atom. The van der Waals surface area contributed by atoms with Crippen LogP contribution in [-0.4, -0.2) is 68.6 Å². The third-order valence-electron chi connectivity index (χ3n) is 8.12. The number of hydrogen-bond donors (Lipinski definition) is 4. The zero-order valence-corrected chi connectivity index (χ0v) is 26.6. The highest BCUT2D eigenvalue weighted by Crippen LogP contribution is 2.21. The van der Waals surface area contributed by atoms with Crippen LogP contribution in [0.1, 0.15) is 126 Å². The Morgan fingerprint density at radius 3 is 2.11 bits per heavy atom. The molecule has 0 aliphatic carbocycles. The highest BCUT2D eigenvalue weighted by atomic mass is 16.5. The van der Waals surface area contributed by atoms with Crippen LogP contribution in [0.5, 0.6) is 0 Å². The molecule has 0 saturated heterocycles. The topological polar surface area (TPSA) is 97.6 Å². The Hall–Kier alpha value is -0.730. The maximum absolute atomic E-state index is 12.4. The van der Waals surface area contributed by atoms with Crippen molar-refractivity contribution in [3.05, 3.63) is 0 Å². The average molecular weight is 543 g/mol. The lowest BCUT2D eigenvalue weighted by Gasteiger charge is -2.35. The highest BCUT2D eigenvalue weighted by Gasteiger charge is 2.26. The summed E-state index contributed by atoms with van der Waals surface area (Å²) in [4.78, 5) is 12.4. The summed E-state index contributed by atoms with van der Waals surface area (Å²) in [5.41, 5.74) is 5.71. The molecule has 3 atom stereocenters. The van der Waals surface area contributed by atoms with Crippen molar-refractivity contribution >= 4 is 5.91 Å². The van der Waals surface area contributed by atoms with Crippen molar-refractivity contribution in [1.29, 1.82) is 0 Å². The Bertz CT molecular complexity index is 591. The van der Waals surface area contributed by atoms with E-state index in [0.717, 1.165) is 83.9 Å². The fourth-order valence-electron chi connectivity index (χ4n) is 4.60. The second kappa shape index (κ2) is 21.1. The van der Waals surface area contributed by atoms with Crippen molar-refractivity contribution in [1.82, 2.24) is 16.0 Å². The quantitative estimate of drug-likeness (QED) is 0.107. The molecular weight excluding hydrogens is 476 g/mol. The smallest absolute Gasteiger partial charge is 0.219 e. The first-order chi connectivity index (χ1) is 18.0. The van der Waals surface area contributed by atoms with Gasteiger partial charge in [0.05, 0.1) is 5.60 Å². The van der Waals surface area contributed by atoms with Gasteiger partial charge in [0, 0.05) is 57.0 Å². The standard InChI is InChI=1S/C31H66N4O3/c1-9-16-30(7,34-22-18-29(6,10-2)35-23-20-32)17-21-33-28(36)14-12-13-24-37-26-19-31(8,11-3)38-25-15-27(4)5/h27,34-35H,9-26,32H2,1-8H3,(H,33,36). The lowest BCUT2D eigenvalue weighted by Crippen LogP contribution is -2.50. The molecule has 3 unspecified atom stereocenters. The second-order valence-corrected chi connectivity index (χ2v) is 12.4. The number of nitrogens with one attached hydrogen (secondary N) is 3. The summed E-state index contributed by atoms with van der Waals surface area (Å²) in [5.74, 6) is 0.810. The Kier molecular flexibility index (Phi) is 20.7. The normalized spacial score (nSPS) is 16.7. The summed E-state index contributed by atoms with van der Waals surface area (Å²) in [5, 5.41) is 10.5. The summed E-state index contributed by atoms with van der Waals surface area (Å²) < 4.78 is 12.0. The van der Waals surface area contributed by atoms with Crippen LogP contribution in [0.2, 0.25) is 0 Å². The number of ether oxygens (including phenoxy) is 2. The van der Waals surface area contributed by atoms with E-state index in [1.165, 1.54) is 0 Å². The van der Waals surface area contributed by atoms with Crippen molar-refractivity contribution in [2.24, 2.45) is 11.7 Å². The predicted molar refractivity (Wildman–Crippen MR) is 163 cm³/mol. The van der Waals surface area contributed by atoms with E-state index >= 15 is 0 Å². The van der Waals surface area contributed by atoms with E-state index in [4.69, 9.17) is 15.2 Å². The number of carbonyl (C=O) groups excluding carboxylic acids is 1. The van der Waals surface area contributed by atoms with Crippen LogP contribution in [-0.2, 0) is 14.3 Å². The van der Waals surface area contributed by atoms with Crippen LogP contribution >= 0.6 is 0 Å². The highest BCUT2D eigenvalue weighted by molar-refractivity contribution is 5.75. The minimum Gasteiger partial charge on any atom is -0.381 e. The first kappa shape index (κ1) is 37.3. The number of hydrogen-bond acceptors (Lipinski definition) is 6. The van der Waals surface area contributed by atoms with Crippen LogP contribution in [0.3, 0.4) is 0 Å². The number of carbonyl (C=O) groups is 1. The number of nitrogens with two attached hydrogens (primary N) is 1. The third-order valence-corrected chi connectivity index (χ3v) is 8.12. The van der Waals surface area contributed by atoms with E-state index in [1.54, 1.807) is 0 Å². The van der Waals surface area contributed by atoms with E-state index in [-0.39, 0.29) is 22.6 Å². The molecule has 1 amide bonds. The molecule has 0 aromatic rings. The lowest BCUT2D eigenvalue weighted by atomic mass is 9.90. The maximum atomic E-state index is 12.4. The molecule has 228 valence electrons. The minimum atomic E-state index is -0.104. The minimum absolute atomic E-state index is 0.0316. The van der Waals surface area contributed by atoms with Gasteiger partial charge in [0.2, 0.25) is 5.91 Å². The molecule has 0 aromatic carbocycles. The molecule has 0 saturated carbocycles. The van der Waals surface area contributed by atoms with Gasteiger partial charge in [-0.15, -0.1) is 0 Å². The van der Waals surface area contributed by atoms with E-state index in [9.17, 15) is 4.79 Å². The molecule has 7 nitrogen and oxygen atoms in total. The van der Waals surface area contributed by atoms with Crippen LogP contribution in [0.15, 0.2) is 0 Å². The maximum Gasteiger partial charge on any atom is 0.219 e. The molecule has 0 spiro atoms. The molecule has 38 heavy (non-hydrogen) atoms. The number of rotatable bonds is 26. The van der Waals surface area contributed by atoms with E-state index in [2.05, 4.69) is 71.3 Å². The zero-order chi connectivity index (χ0) is 28.9. The summed E-state index contributed by atoms with van der Waals surface area (Å²) in [7, 11) is 0. The Balaban J connectivity index is 4.13. The van der Waals surface area contributed by atoms with Gasteiger partial charge in [0.1, 0.15) is 0 Å². The fraction of sp³-hybridized carbons (Fsp3) is 0.968. The van der Waals surface area contributed by atoms with Gasteiger partial charge in [-0.2, -0.15) is 0 Å². The Labute approximate surface area is 236 Å². The molecule has 0 aliphatic heterocycles. The van der Waals surface area contributed by atoms with Crippen molar-refractivity contribution in [3.63, 3.8) is 0 Å². The van der Waals surface area contributed by atoms with Crippen molar-refractivity contribution in [3.8, 4) is 0 Å². The van der Waals surface area contributed by atoms with Gasteiger partial charge in [-0.3, -0.25) is 4.79 Å². The monoisotopic (exact) mass is 543 g/mol. The van der Waals surface area contributed by atoms with Crippen molar-refractivity contribution in [2.45, 2.75) is 143 Å². The third kappa shape index (κ3) is 18.5. The molecule has 0 heterocycles. The molecular formula is C31H66N4O3. The summed E-state index contributed by atoms with van der Waals surface area (Å²) >= 11 is 0. The number of amides is 1. The largest absolute Gasteiger partial charge is 0.381 e. The molecule has 0 aromatic heterocycles. The SMILES string of the molecule is CCCC(C)(CCNC(=O)CCCCOCCC(C)(CC)OCCC(C)C)NCCC(C)(CC)NCCN. The van der Waals surface area contributed by atoms with Gasteiger partial charge in [0.25, 0.3) is 0 Å². The summed E-state index contributed by atoms with van der Waals surface area (Å²) in [6.07, 6.45) is 10.6. The van der Waals surface area contributed by atoms with Gasteiger partial charge in [-0.25, -0.2) is 0 Å². The summed E-state index contributed by atoms with van der Waals surface area (Å²) in [6.45, 7) is 23.2. The van der Waals surface area contributed by atoms with Crippen molar-refractivity contribution in [2.75, 3.05) is 46.0 Å². The van der Waals surface area contributed by atoms with Gasteiger partial charge in [0.15, 0.2) is 0 Å². The lowest BCUT2D eigenvalue weighted by molar-refractivity contribution is -0.121. The number of unbranched alkanes of at least 4 members (excludes halogenated alkanes) is 1. The zero-order valence-electron chi connectivity index (χ0n) is 26.6. The summed E-state index contributed by atoms with van der Waals surface area (Å²) in [6, 6.07) is 0. The molecule has 0 radical (unpaired) electrons. The Morgan fingerprint density at radius 1 is 0.816 bits per heavy atom. The average Bonchev–Trinajstić information content (AvgIpc) is 2.86. The first-order valence-electron chi connectivity index (χ1n) is 15.7. The van der Waals surface area contributed by atoms with Gasteiger partial charge >= 0.3 is 0 Å². The molecule has 0 fully saturated rings. The van der Waals surface area contributed by atoms with E-state index < -0.39 is 0 Å². The van der Waals surface area contributed by atoms with Crippen LogP contribution in [0.4, 0.5) is 0 Å². The molecule has 5 N–H and O–H groups in total. The fourth-order valence-corrected chi connectivity index (χ4v) is 4.60. The van der Waals surface area contributed by atoms with Crippen LogP contribution in [0.25, 0.3) is 0 Å². The van der Waals surface area contributed by atoms with Crippen molar-refractivity contribution < 1.29 is 14.3 Å². The van der Waals surface area contributed by atoms with Gasteiger partial charge < -0.3 is 31.2 Å². The molecule has 0 rings (SSSR count). The first-order valence-corrected chi connectivity index (χ1v) is 15.7. The molecule has 0 aliphatic rings. The van der Waals surface area contributed by atoms with Crippen LogP contribution < -0.4 is 21.7 Å². The van der Waals surface area contributed by atoms with Gasteiger partial charge in [-0.1, -0.05) is 41.0 Å². The van der Waals surface area contributed by atoms with E-state index in [0.29, 0.717) is 38.6 Å². The van der Waals surface area contributed by atoms with E-state index in [1.807, 2.05) is 0 Å². The second-order valence-electron chi connectivity index (χ2n) is 12.4. The van der Waals surface area contributed by atoms with Gasteiger partial charge in [-0.05, 0) is 91.0 Å². The molecule has 7 heteroatoms.